The van der Waals surface area contributed by atoms with Gasteiger partial charge in [0, 0.05) is 23.5 Å². The monoisotopic (exact) mass is 715 g/mol. The fraction of sp³-hybridized carbons (Fsp3) is 0.316. The maximum absolute atomic E-state index is 14.7. The molecule has 9 heteroatoms. The Kier molecular flexibility index (Phi) is 11.5. The zero-order valence-electron chi connectivity index (χ0n) is 26.9. The molecule has 1 aliphatic carbocycles. The lowest BCUT2D eigenvalue weighted by Crippen LogP contribution is -2.55. The molecule has 0 unspecified atom stereocenters. The van der Waals surface area contributed by atoms with Crippen molar-refractivity contribution >= 4 is 43.5 Å². The highest BCUT2D eigenvalue weighted by Crippen LogP contribution is 2.27. The van der Waals surface area contributed by atoms with E-state index in [-0.39, 0.29) is 29.8 Å². The minimum Gasteiger partial charge on any atom is -0.352 e. The first-order chi connectivity index (χ1) is 22.6. The molecule has 47 heavy (non-hydrogen) atoms. The number of nitrogens with zero attached hydrogens (tertiary/aromatic N) is 2. The first-order valence-electron chi connectivity index (χ1n) is 16.1. The van der Waals surface area contributed by atoms with Gasteiger partial charge in [0.25, 0.3) is 10.0 Å². The number of aryl methyl sites for hydroxylation is 2. The van der Waals surface area contributed by atoms with E-state index >= 15 is 0 Å². The molecule has 0 saturated heterocycles. The Morgan fingerprint density at radius 2 is 1.43 bits per heavy atom. The summed E-state index contributed by atoms with van der Waals surface area (Å²) in [6.45, 7) is 3.45. The van der Waals surface area contributed by atoms with E-state index in [1.54, 1.807) is 35.2 Å². The molecular formula is C38H42BrN3O4S. The van der Waals surface area contributed by atoms with Crippen molar-refractivity contribution in [1.82, 2.24) is 10.2 Å². The van der Waals surface area contributed by atoms with Crippen LogP contribution in [0.2, 0.25) is 0 Å². The Morgan fingerprint density at radius 3 is 2.06 bits per heavy atom. The normalized spacial score (nSPS) is 14.3. The van der Waals surface area contributed by atoms with E-state index in [0.717, 1.165) is 58.8 Å². The number of hydrogen-bond acceptors (Lipinski definition) is 4. The standard InChI is InChI=1S/C38H42BrN3O4S/c1-28-21-29(2)23-34(22-28)42(47(45,46)35-19-10-5-11-20-35)27-37(43)41(26-31-15-12-16-32(39)24-31)36(25-30-13-6-3-7-14-30)38(44)40-33-17-8-4-9-18-33/h3,5-7,10-16,19-24,33,36H,4,8-9,17-18,25-27H2,1-2H3,(H,40,44)/t36-/m1/s1. The van der Waals surface area contributed by atoms with Gasteiger partial charge in [-0.1, -0.05) is 102 Å². The number of carbonyl (C=O) groups excluding carboxylic acids is 2. The summed E-state index contributed by atoms with van der Waals surface area (Å²) in [5.74, 6) is -0.698. The van der Waals surface area contributed by atoms with Crippen LogP contribution in [0.1, 0.15) is 54.4 Å². The zero-order chi connectivity index (χ0) is 33.4. The number of benzene rings is 4. The van der Waals surface area contributed by atoms with E-state index < -0.39 is 28.5 Å². The van der Waals surface area contributed by atoms with Crippen LogP contribution >= 0.6 is 15.9 Å². The molecule has 1 N–H and O–H groups in total. The molecule has 7 nitrogen and oxygen atoms in total. The molecule has 5 rings (SSSR count). The van der Waals surface area contributed by atoms with Crippen LogP contribution in [-0.2, 0) is 32.6 Å². The highest BCUT2D eigenvalue weighted by molar-refractivity contribution is 9.10. The Labute approximate surface area is 287 Å². The maximum Gasteiger partial charge on any atom is 0.264 e. The van der Waals surface area contributed by atoms with Crippen molar-refractivity contribution in [2.45, 2.75) is 75.9 Å². The van der Waals surface area contributed by atoms with Crippen molar-refractivity contribution in [3.63, 3.8) is 0 Å². The summed E-state index contributed by atoms with van der Waals surface area (Å²) in [6.07, 6.45) is 5.35. The van der Waals surface area contributed by atoms with Gasteiger partial charge in [0.05, 0.1) is 10.6 Å². The van der Waals surface area contributed by atoms with Crippen molar-refractivity contribution in [2.75, 3.05) is 10.8 Å². The SMILES string of the molecule is Cc1cc(C)cc(N(CC(=O)N(Cc2cccc(Br)c2)[C@H](Cc2ccccc2)C(=O)NC2CCCCC2)S(=O)(=O)c2ccccc2)c1. The summed E-state index contributed by atoms with van der Waals surface area (Å²) in [5.41, 5.74) is 3.88. The molecule has 1 fully saturated rings. The molecule has 1 aliphatic rings. The van der Waals surface area contributed by atoms with Crippen LogP contribution in [0.3, 0.4) is 0 Å². The number of carbonyl (C=O) groups is 2. The molecule has 0 aliphatic heterocycles. The van der Waals surface area contributed by atoms with Crippen molar-refractivity contribution in [3.8, 4) is 0 Å². The maximum atomic E-state index is 14.7. The third-order valence-corrected chi connectivity index (χ3v) is 10.9. The number of rotatable bonds is 12. The van der Waals surface area contributed by atoms with Gasteiger partial charge in [-0.2, -0.15) is 0 Å². The van der Waals surface area contributed by atoms with Gasteiger partial charge in [-0.05, 0) is 85.3 Å². The summed E-state index contributed by atoms with van der Waals surface area (Å²) < 4.78 is 30.5. The minimum absolute atomic E-state index is 0.0440. The lowest BCUT2D eigenvalue weighted by Gasteiger charge is -2.35. The Balaban J connectivity index is 1.58. The second kappa shape index (κ2) is 15.8. The lowest BCUT2D eigenvalue weighted by atomic mass is 9.94. The van der Waals surface area contributed by atoms with Gasteiger partial charge >= 0.3 is 0 Å². The second-order valence-electron chi connectivity index (χ2n) is 12.4. The largest absolute Gasteiger partial charge is 0.352 e. The van der Waals surface area contributed by atoms with Crippen LogP contribution < -0.4 is 9.62 Å². The van der Waals surface area contributed by atoms with Gasteiger partial charge in [0.1, 0.15) is 12.6 Å². The van der Waals surface area contributed by atoms with Gasteiger partial charge in [-0.15, -0.1) is 0 Å². The van der Waals surface area contributed by atoms with E-state index in [0.29, 0.717) is 5.69 Å². The van der Waals surface area contributed by atoms with Gasteiger partial charge in [-0.25, -0.2) is 8.42 Å². The highest BCUT2D eigenvalue weighted by Gasteiger charge is 2.35. The van der Waals surface area contributed by atoms with Crippen LogP contribution in [0.5, 0.6) is 0 Å². The predicted molar refractivity (Wildman–Crippen MR) is 191 cm³/mol. The first-order valence-corrected chi connectivity index (χ1v) is 18.4. The van der Waals surface area contributed by atoms with E-state index in [1.165, 1.54) is 16.4 Å². The van der Waals surface area contributed by atoms with Crippen molar-refractivity contribution in [1.29, 1.82) is 0 Å². The lowest BCUT2D eigenvalue weighted by molar-refractivity contribution is -0.140. The molecule has 0 bridgehead atoms. The number of sulfonamides is 1. The Hall–Kier alpha value is -3.95. The molecule has 4 aromatic rings. The first kappa shape index (κ1) is 34.4. The molecule has 246 valence electrons. The highest BCUT2D eigenvalue weighted by atomic mass is 79.9. The summed E-state index contributed by atoms with van der Waals surface area (Å²) in [6, 6.07) is 30.1. The predicted octanol–water partition coefficient (Wildman–Crippen LogP) is 7.35. The number of hydrogen-bond donors (Lipinski definition) is 1. The smallest absolute Gasteiger partial charge is 0.264 e. The molecule has 0 spiro atoms. The van der Waals surface area contributed by atoms with E-state index in [4.69, 9.17) is 0 Å². The van der Waals surface area contributed by atoms with Crippen LogP contribution in [0.4, 0.5) is 5.69 Å². The quantitative estimate of drug-likeness (QED) is 0.166. The van der Waals surface area contributed by atoms with Gasteiger partial charge in [0.15, 0.2) is 0 Å². The molecule has 4 aromatic carbocycles. The Morgan fingerprint density at radius 1 is 0.809 bits per heavy atom. The summed E-state index contributed by atoms with van der Waals surface area (Å²) >= 11 is 3.54. The molecule has 0 radical (unpaired) electrons. The number of amides is 2. The Bertz CT molecular complexity index is 1760. The molecule has 0 heterocycles. The molecule has 1 atom stereocenters. The van der Waals surface area contributed by atoms with E-state index in [1.807, 2.05) is 74.5 Å². The van der Waals surface area contributed by atoms with Gasteiger partial charge in [0.2, 0.25) is 11.8 Å². The fourth-order valence-corrected chi connectivity index (χ4v) is 8.14. The number of anilines is 1. The van der Waals surface area contributed by atoms with E-state index in [9.17, 15) is 18.0 Å². The average molecular weight is 717 g/mol. The van der Waals surface area contributed by atoms with Crippen LogP contribution in [0.15, 0.2) is 112 Å². The van der Waals surface area contributed by atoms with Crippen molar-refractivity contribution < 1.29 is 18.0 Å². The van der Waals surface area contributed by atoms with Crippen molar-refractivity contribution in [2.24, 2.45) is 0 Å². The van der Waals surface area contributed by atoms with Crippen LogP contribution in [-0.4, -0.2) is 43.8 Å². The number of halogens is 1. The topological polar surface area (TPSA) is 86.8 Å². The average Bonchev–Trinajstić information content (AvgIpc) is 3.06. The summed E-state index contributed by atoms with van der Waals surface area (Å²) in [7, 11) is -4.15. The zero-order valence-corrected chi connectivity index (χ0v) is 29.3. The fourth-order valence-electron chi connectivity index (χ4n) is 6.27. The van der Waals surface area contributed by atoms with Crippen molar-refractivity contribution in [3.05, 3.63) is 130 Å². The molecule has 1 saturated carbocycles. The van der Waals surface area contributed by atoms with E-state index in [2.05, 4.69) is 21.2 Å². The van der Waals surface area contributed by atoms with Gasteiger partial charge in [-0.3, -0.25) is 13.9 Å². The third kappa shape index (κ3) is 9.11. The molecular weight excluding hydrogens is 674 g/mol. The molecule has 0 aromatic heterocycles. The summed E-state index contributed by atoms with van der Waals surface area (Å²) in [5, 5.41) is 3.25. The van der Waals surface area contributed by atoms with Gasteiger partial charge < -0.3 is 10.2 Å². The second-order valence-corrected chi connectivity index (χ2v) is 15.1. The number of nitrogens with one attached hydrogen (secondary N) is 1. The van der Waals surface area contributed by atoms with Crippen LogP contribution in [0.25, 0.3) is 0 Å². The van der Waals surface area contributed by atoms with Crippen LogP contribution in [0, 0.1) is 13.8 Å². The summed E-state index contributed by atoms with van der Waals surface area (Å²) in [4.78, 5) is 30.6. The molecule has 2 amide bonds. The third-order valence-electron chi connectivity index (χ3n) is 8.57. The minimum atomic E-state index is -4.15.